The van der Waals surface area contributed by atoms with Crippen LogP contribution in [0.2, 0.25) is 10.0 Å². The summed E-state index contributed by atoms with van der Waals surface area (Å²) < 4.78 is 7.96. The Morgan fingerprint density at radius 3 is 2.83 bits per heavy atom. The average molecular weight is 514 g/mol. The minimum atomic E-state index is -0.426. The van der Waals surface area contributed by atoms with E-state index in [1.165, 1.54) is 12.4 Å². The van der Waals surface area contributed by atoms with Crippen molar-refractivity contribution in [3.05, 3.63) is 64.3 Å². The summed E-state index contributed by atoms with van der Waals surface area (Å²) >= 11 is 12.5. The number of pyridine rings is 1. The van der Waals surface area contributed by atoms with Crippen molar-refractivity contribution in [2.75, 3.05) is 25.5 Å². The second-order valence-electron chi connectivity index (χ2n) is 8.88. The summed E-state index contributed by atoms with van der Waals surface area (Å²) in [5, 5.41) is 15.9. The van der Waals surface area contributed by atoms with Gasteiger partial charge in [0.05, 0.1) is 27.4 Å². The van der Waals surface area contributed by atoms with Crippen molar-refractivity contribution in [2.45, 2.75) is 26.0 Å². The smallest absolute Gasteiger partial charge is 0.276 e. The van der Waals surface area contributed by atoms with E-state index < -0.39 is 6.10 Å². The zero-order valence-corrected chi connectivity index (χ0v) is 20.8. The molecule has 182 valence electrons. The molecule has 0 saturated carbocycles. The fraction of sp³-hybridized carbons (Fsp3) is 0.333. The summed E-state index contributed by atoms with van der Waals surface area (Å²) in [6, 6.07) is 5.38. The number of likely N-dealkylation sites (tertiary alicyclic amines) is 1. The number of nitrogens with one attached hydrogen (secondary N) is 2. The van der Waals surface area contributed by atoms with E-state index in [-0.39, 0.29) is 11.6 Å². The fourth-order valence-corrected chi connectivity index (χ4v) is 5.14. The molecule has 1 aliphatic heterocycles. The lowest BCUT2D eigenvalue weighted by Gasteiger charge is -2.17. The van der Waals surface area contributed by atoms with Crippen LogP contribution in [0, 0.1) is 5.92 Å². The Balaban J connectivity index is 1.30. The average Bonchev–Trinajstić information content (AvgIpc) is 3.54. The second kappa shape index (κ2) is 9.85. The summed E-state index contributed by atoms with van der Waals surface area (Å²) in [6.45, 7) is 4.84. The van der Waals surface area contributed by atoms with Gasteiger partial charge in [-0.15, -0.1) is 0 Å². The number of anilines is 1. The number of aromatic nitrogens is 5. The number of hydrogen-bond acceptors (Lipinski definition) is 6. The molecule has 4 heterocycles. The highest BCUT2D eigenvalue weighted by molar-refractivity contribution is 6.35. The predicted octanol–water partition coefficient (Wildman–Crippen LogP) is 4.81. The molecule has 1 amide bonds. The molecule has 1 fully saturated rings. The number of aromatic amines is 1. The quantitative estimate of drug-likeness (QED) is 0.367. The van der Waals surface area contributed by atoms with Crippen LogP contribution in [-0.4, -0.2) is 55.9 Å². The molecule has 2 atom stereocenters. The molecule has 0 bridgehead atoms. The molecule has 4 aromatic rings. The molecule has 2 N–H and O–H groups in total. The number of hydrogen-bond donors (Lipinski definition) is 2. The van der Waals surface area contributed by atoms with Crippen molar-refractivity contribution in [1.82, 2.24) is 29.9 Å². The van der Waals surface area contributed by atoms with E-state index in [0.717, 1.165) is 31.6 Å². The molecule has 1 saturated heterocycles. The molecule has 3 aromatic heterocycles. The highest BCUT2D eigenvalue weighted by Crippen LogP contribution is 2.33. The molecule has 1 aliphatic rings. The van der Waals surface area contributed by atoms with E-state index in [4.69, 9.17) is 27.9 Å². The number of carbonyl (C=O) groups excluding carboxylic acids is 1. The molecule has 5 rings (SSSR count). The van der Waals surface area contributed by atoms with Crippen LogP contribution in [0.25, 0.3) is 10.9 Å². The first-order chi connectivity index (χ1) is 16.9. The van der Waals surface area contributed by atoms with Crippen molar-refractivity contribution in [3.8, 4) is 5.75 Å². The third-order valence-electron chi connectivity index (χ3n) is 6.18. The van der Waals surface area contributed by atoms with E-state index in [0.29, 0.717) is 38.3 Å². The van der Waals surface area contributed by atoms with E-state index >= 15 is 0 Å². The van der Waals surface area contributed by atoms with E-state index in [1.807, 2.05) is 23.9 Å². The van der Waals surface area contributed by atoms with Gasteiger partial charge < -0.3 is 15.0 Å². The van der Waals surface area contributed by atoms with Crippen LogP contribution < -0.4 is 10.1 Å². The zero-order valence-electron chi connectivity index (χ0n) is 19.3. The summed E-state index contributed by atoms with van der Waals surface area (Å²) in [5.74, 6) is 0.789. The van der Waals surface area contributed by atoms with Crippen molar-refractivity contribution in [3.63, 3.8) is 0 Å². The standard InChI is InChI=1S/C24H25Cl2N7O2/c1-14(22-19(25)9-27-10-20(22)26)35-17-3-4-21-18(7-17)23(31-30-21)24(34)29-16-8-28-33(13-16)12-15-5-6-32(2)11-15/h3-4,7-10,13-15H,5-6,11-12H2,1-2H3,(H,29,34)(H,30,31)/t14-,15?/m1/s1. The van der Waals surface area contributed by atoms with E-state index in [1.54, 1.807) is 18.3 Å². The number of benzene rings is 1. The van der Waals surface area contributed by atoms with Crippen molar-refractivity contribution in [2.24, 2.45) is 5.92 Å². The maximum Gasteiger partial charge on any atom is 0.276 e. The van der Waals surface area contributed by atoms with Crippen LogP contribution >= 0.6 is 23.2 Å². The fourth-order valence-electron chi connectivity index (χ4n) is 4.47. The molecule has 35 heavy (non-hydrogen) atoms. The highest BCUT2D eigenvalue weighted by Gasteiger charge is 2.21. The van der Waals surface area contributed by atoms with Crippen molar-refractivity contribution < 1.29 is 9.53 Å². The molecule has 0 aliphatic carbocycles. The Bertz CT molecular complexity index is 1350. The lowest BCUT2D eigenvalue weighted by molar-refractivity contribution is 0.102. The van der Waals surface area contributed by atoms with Crippen LogP contribution in [0.15, 0.2) is 43.0 Å². The molecular formula is C24H25Cl2N7O2. The van der Waals surface area contributed by atoms with Crippen LogP contribution in [-0.2, 0) is 6.54 Å². The van der Waals surface area contributed by atoms with E-state index in [2.05, 4.69) is 37.5 Å². The van der Waals surface area contributed by atoms with Gasteiger partial charge in [0.2, 0.25) is 0 Å². The van der Waals surface area contributed by atoms with Gasteiger partial charge >= 0.3 is 0 Å². The molecule has 1 aromatic carbocycles. The van der Waals surface area contributed by atoms with Crippen LogP contribution in [0.3, 0.4) is 0 Å². The maximum atomic E-state index is 13.0. The monoisotopic (exact) mass is 513 g/mol. The molecule has 1 unspecified atom stereocenters. The first kappa shape index (κ1) is 23.6. The largest absolute Gasteiger partial charge is 0.486 e. The summed E-state index contributed by atoms with van der Waals surface area (Å²) in [5.41, 5.74) is 2.26. The highest BCUT2D eigenvalue weighted by atomic mass is 35.5. The van der Waals surface area contributed by atoms with Gasteiger partial charge in [-0.1, -0.05) is 23.2 Å². The number of H-pyrrole nitrogens is 1. The normalized spacial score (nSPS) is 17.1. The molecular weight excluding hydrogens is 489 g/mol. The molecule has 0 spiro atoms. The number of halogens is 2. The SMILES string of the molecule is C[C@@H](Oc1ccc2[nH]nc(C(=O)Nc3cnn(CC4CCN(C)C4)c3)c2c1)c1c(Cl)cncc1Cl. The third kappa shape index (κ3) is 5.12. The third-order valence-corrected chi connectivity index (χ3v) is 6.79. The Kier molecular flexibility index (Phi) is 6.64. The van der Waals surface area contributed by atoms with Crippen LogP contribution in [0.5, 0.6) is 5.75 Å². The number of ether oxygens (including phenoxy) is 1. The van der Waals surface area contributed by atoms with Gasteiger partial charge in [0, 0.05) is 42.6 Å². The van der Waals surface area contributed by atoms with Gasteiger partial charge in [-0.25, -0.2) is 0 Å². The van der Waals surface area contributed by atoms with Gasteiger partial charge in [0.15, 0.2) is 5.69 Å². The van der Waals surface area contributed by atoms with Gasteiger partial charge in [0.25, 0.3) is 5.91 Å². The summed E-state index contributed by atoms with van der Waals surface area (Å²) in [4.78, 5) is 19.3. The van der Waals surface area contributed by atoms with Crippen LogP contribution in [0.4, 0.5) is 5.69 Å². The Morgan fingerprint density at radius 2 is 2.09 bits per heavy atom. The van der Waals surface area contributed by atoms with Crippen molar-refractivity contribution in [1.29, 1.82) is 0 Å². The Labute approximate surface area is 212 Å². The Morgan fingerprint density at radius 1 is 1.29 bits per heavy atom. The van der Waals surface area contributed by atoms with E-state index in [9.17, 15) is 4.79 Å². The second-order valence-corrected chi connectivity index (χ2v) is 9.69. The number of nitrogens with zero attached hydrogens (tertiary/aromatic N) is 5. The summed E-state index contributed by atoms with van der Waals surface area (Å²) in [6.07, 6.45) is 7.29. The number of fused-ring (bicyclic) bond motifs is 1. The number of carbonyl (C=O) groups is 1. The summed E-state index contributed by atoms with van der Waals surface area (Å²) in [7, 11) is 2.13. The van der Waals surface area contributed by atoms with Crippen LogP contribution in [0.1, 0.15) is 35.5 Å². The van der Waals surface area contributed by atoms with Gasteiger partial charge in [-0.3, -0.25) is 19.6 Å². The van der Waals surface area contributed by atoms with Gasteiger partial charge in [-0.05, 0) is 51.1 Å². The lowest BCUT2D eigenvalue weighted by Crippen LogP contribution is -2.17. The van der Waals surface area contributed by atoms with Crippen molar-refractivity contribution >= 4 is 45.7 Å². The number of amides is 1. The maximum absolute atomic E-state index is 13.0. The predicted molar refractivity (Wildman–Crippen MR) is 135 cm³/mol. The lowest BCUT2D eigenvalue weighted by atomic mass is 10.1. The number of rotatable bonds is 7. The first-order valence-corrected chi connectivity index (χ1v) is 12.1. The Hall–Kier alpha value is -3.14. The van der Waals surface area contributed by atoms with Gasteiger partial charge in [-0.2, -0.15) is 10.2 Å². The molecule has 9 nitrogen and oxygen atoms in total. The van der Waals surface area contributed by atoms with Gasteiger partial charge in [0.1, 0.15) is 11.9 Å². The first-order valence-electron chi connectivity index (χ1n) is 11.3. The minimum absolute atomic E-state index is 0.267. The minimum Gasteiger partial charge on any atom is -0.486 e. The topological polar surface area (TPSA) is 101 Å². The molecule has 11 heteroatoms. The zero-order chi connectivity index (χ0) is 24.5. The molecule has 0 radical (unpaired) electrons.